The van der Waals surface area contributed by atoms with Gasteiger partial charge in [-0.05, 0) is 12.1 Å². The van der Waals surface area contributed by atoms with Gasteiger partial charge in [0.05, 0.1) is 7.11 Å². The van der Waals surface area contributed by atoms with Crippen molar-refractivity contribution in [1.29, 1.82) is 0 Å². The van der Waals surface area contributed by atoms with Crippen molar-refractivity contribution in [3.63, 3.8) is 0 Å². The van der Waals surface area contributed by atoms with Crippen LogP contribution in [0.2, 0.25) is 0 Å². The molecule has 1 aromatic rings. The maximum absolute atomic E-state index is 11.9. The minimum atomic E-state index is -1.10. The molecule has 2 N–H and O–H groups in total. The van der Waals surface area contributed by atoms with Gasteiger partial charge in [0, 0.05) is 0 Å². The number of benzene rings is 1. The summed E-state index contributed by atoms with van der Waals surface area (Å²) in [6.07, 6.45) is -0.739. The first-order valence-electron chi connectivity index (χ1n) is 4.30. The lowest BCUT2D eigenvalue weighted by Gasteiger charge is -1.96. The Morgan fingerprint density at radius 3 is 2.25 bits per heavy atom. The van der Waals surface area contributed by atoms with Crippen LogP contribution in [0.25, 0.3) is 0 Å². The molecule has 1 rings (SSSR count). The molecule has 0 unspecified atom stereocenters. The van der Waals surface area contributed by atoms with Gasteiger partial charge in [-0.15, -0.1) is 0 Å². The second-order valence-electron chi connectivity index (χ2n) is 2.53. The van der Waals surface area contributed by atoms with Gasteiger partial charge in [0.15, 0.2) is 0 Å². The van der Waals surface area contributed by atoms with Crippen molar-refractivity contribution >= 4 is 12.1 Å². The monoisotopic (exact) mass is 229 g/mol. The van der Waals surface area contributed by atoms with Crippen LogP contribution in [-0.4, -0.2) is 30.8 Å². The van der Waals surface area contributed by atoms with Crippen LogP contribution in [0, 0.1) is 5.82 Å². The minimum Gasteiger partial charge on any atom is -0.480 e. The summed E-state index contributed by atoms with van der Waals surface area (Å²) in [6, 6.07) is 7.94. The standard InChI is InChI=1S/C6H5F.C4H7NO4/c7-6-4-2-1-3-5-6;1-9-4(8)5-2-3(6)7/h1-5H;2H2,1H3,(H,5,8)(H,6,7). The molecule has 0 radical (unpaired) electrons. The highest BCUT2D eigenvalue weighted by Gasteiger charge is 1.99. The zero-order chi connectivity index (χ0) is 12.4. The van der Waals surface area contributed by atoms with Crippen LogP contribution in [0.5, 0.6) is 0 Å². The zero-order valence-corrected chi connectivity index (χ0v) is 8.64. The van der Waals surface area contributed by atoms with Crippen molar-refractivity contribution in [3.8, 4) is 0 Å². The average molecular weight is 229 g/mol. The van der Waals surface area contributed by atoms with Gasteiger partial charge in [-0.2, -0.15) is 0 Å². The number of carbonyl (C=O) groups excluding carboxylic acids is 1. The number of alkyl carbamates (subject to hydrolysis) is 1. The van der Waals surface area contributed by atoms with Gasteiger partial charge in [0.25, 0.3) is 0 Å². The minimum absolute atomic E-state index is 0.178. The maximum Gasteiger partial charge on any atom is 0.407 e. The first kappa shape index (κ1) is 13.9. The predicted molar refractivity (Wildman–Crippen MR) is 54.4 cm³/mol. The quantitative estimate of drug-likeness (QED) is 0.800. The van der Waals surface area contributed by atoms with E-state index in [0.29, 0.717) is 0 Å². The van der Waals surface area contributed by atoms with Gasteiger partial charge in [0.1, 0.15) is 12.4 Å². The molecule has 0 heterocycles. The summed E-state index contributed by atoms with van der Waals surface area (Å²) in [5.41, 5.74) is 0. The van der Waals surface area contributed by atoms with Gasteiger partial charge in [-0.1, -0.05) is 18.2 Å². The Hall–Kier alpha value is -2.11. The zero-order valence-electron chi connectivity index (χ0n) is 8.64. The van der Waals surface area contributed by atoms with Crippen LogP contribution in [-0.2, 0) is 9.53 Å². The molecule has 0 saturated carbocycles. The summed E-state index contributed by atoms with van der Waals surface area (Å²) in [6.45, 7) is -0.410. The van der Waals surface area contributed by atoms with E-state index >= 15 is 0 Å². The molecule has 0 aliphatic carbocycles. The first-order chi connectivity index (χ1) is 7.56. The smallest absolute Gasteiger partial charge is 0.407 e. The number of carbonyl (C=O) groups is 2. The number of nitrogens with one attached hydrogen (secondary N) is 1. The van der Waals surface area contributed by atoms with Crippen LogP contribution < -0.4 is 5.32 Å². The Labute approximate surface area is 91.8 Å². The highest BCUT2D eigenvalue weighted by Crippen LogP contribution is 1.91. The molecule has 0 spiro atoms. The lowest BCUT2D eigenvalue weighted by atomic mass is 10.4. The number of amides is 1. The molecule has 0 aromatic heterocycles. The molecular formula is C10H12FNO4. The van der Waals surface area contributed by atoms with Gasteiger partial charge in [-0.25, -0.2) is 9.18 Å². The Morgan fingerprint density at radius 1 is 1.38 bits per heavy atom. The second kappa shape index (κ2) is 8.22. The normalized spacial score (nSPS) is 8.38. The number of carboxylic acid groups (broad SMARTS) is 1. The molecule has 0 bridgehead atoms. The highest BCUT2D eigenvalue weighted by atomic mass is 19.1. The van der Waals surface area contributed by atoms with E-state index in [2.05, 4.69) is 4.74 Å². The molecule has 0 atom stereocenters. The lowest BCUT2D eigenvalue weighted by molar-refractivity contribution is -0.135. The summed E-state index contributed by atoms with van der Waals surface area (Å²) in [7, 11) is 1.16. The van der Waals surface area contributed by atoms with Crippen LogP contribution in [0.1, 0.15) is 0 Å². The summed E-state index contributed by atoms with van der Waals surface area (Å²) < 4.78 is 16.0. The largest absolute Gasteiger partial charge is 0.480 e. The predicted octanol–water partition coefficient (Wildman–Crippen LogP) is 1.25. The first-order valence-corrected chi connectivity index (χ1v) is 4.30. The number of rotatable bonds is 2. The van der Waals surface area contributed by atoms with E-state index in [1.165, 1.54) is 12.1 Å². The molecule has 88 valence electrons. The number of halogens is 1. The Balaban J connectivity index is 0.000000288. The second-order valence-corrected chi connectivity index (χ2v) is 2.53. The van der Waals surface area contributed by atoms with E-state index in [0.717, 1.165) is 7.11 Å². The van der Waals surface area contributed by atoms with Crippen molar-refractivity contribution in [2.75, 3.05) is 13.7 Å². The third-order valence-corrected chi connectivity index (χ3v) is 1.30. The Bertz CT molecular complexity index is 329. The van der Waals surface area contributed by atoms with Gasteiger partial charge >= 0.3 is 12.1 Å². The van der Waals surface area contributed by atoms with Gasteiger partial charge in [0.2, 0.25) is 0 Å². The fraction of sp³-hybridized carbons (Fsp3) is 0.200. The van der Waals surface area contributed by atoms with Crippen molar-refractivity contribution in [2.24, 2.45) is 0 Å². The fourth-order valence-corrected chi connectivity index (χ4v) is 0.635. The van der Waals surface area contributed by atoms with Crippen molar-refractivity contribution in [2.45, 2.75) is 0 Å². The van der Waals surface area contributed by atoms with Crippen molar-refractivity contribution in [3.05, 3.63) is 36.1 Å². The average Bonchev–Trinajstić information content (AvgIpc) is 2.27. The Kier molecular flexibility index (Phi) is 7.14. The van der Waals surface area contributed by atoms with E-state index in [9.17, 15) is 14.0 Å². The van der Waals surface area contributed by atoms with E-state index in [1.807, 2.05) is 5.32 Å². The molecule has 1 aromatic carbocycles. The van der Waals surface area contributed by atoms with E-state index in [4.69, 9.17) is 5.11 Å². The SMILES string of the molecule is COC(=O)NCC(=O)O.Fc1ccccc1. The molecule has 1 amide bonds. The molecule has 0 aliphatic rings. The maximum atomic E-state index is 11.9. The number of hydrogen-bond donors (Lipinski definition) is 2. The third kappa shape index (κ3) is 8.49. The topological polar surface area (TPSA) is 75.6 Å². The lowest BCUT2D eigenvalue weighted by Crippen LogP contribution is -2.28. The van der Waals surface area contributed by atoms with Crippen molar-refractivity contribution in [1.82, 2.24) is 5.32 Å². The highest BCUT2D eigenvalue weighted by molar-refractivity contribution is 5.76. The third-order valence-electron chi connectivity index (χ3n) is 1.30. The molecule has 6 heteroatoms. The Morgan fingerprint density at radius 2 is 1.94 bits per heavy atom. The van der Waals surface area contributed by atoms with E-state index in [1.54, 1.807) is 18.2 Å². The molecule has 16 heavy (non-hydrogen) atoms. The molecule has 5 nitrogen and oxygen atoms in total. The van der Waals surface area contributed by atoms with Crippen molar-refractivity contribution < 1.29 is 23.8 Å². The molecular weight excluding hydrogens is 217 g/mol. The number of aliphatic carboxylic acids is 1. The van der Waals surface area contributed by atoms with Gasteiger partial charge < -0.3 is 15.2 Å². The van der Waals surface area contributed by atoms with E-state index < -0.39 is 18.6 Å². The van der Waals surface area contributed by atoms with Crippen LogP contribution >= 0.6 is 0 Å². The van der Waals surface area contributed by atoms with Crippen LogP contribution in [0.3, 0.4) is 0 Å². The van der Waals surface area contributed by atoms with Gasteiger partial charge in [-0.3, -0.25) is 4.79 Å². The number of hydrogen-bond acceptors (Lipinski definition) is 3. The summed E-state index contributed by atoms with van der Waals surface area (Å²) >= 11 is 0. The van der Waals surface area contributed by atoms with Crippen LogP contribution in [0.4, 0.5) is 9.18 Å². The summed E-state index contributed by atoms with van der Waals surface area (Å²) in [5, 5.41) is 9.96. The fourth-order valence-electron chi connectivity index (χ4n) is 0.635. The van der Waals surface area contributed by atoms with Crippen LogP contribution in [0.15, 0.2) is 30.3 Å². The molecule has 0 saturated heterocycles. The molecule has 0 fully saturated rings. The molecule has 0 aliphatic heterocycles. The number of ether oxygens (including phenoxy) is 1. The summed E-state index contributed by atoms with van der Waals surface area (Å²) in [4.78, 5) is 19.9. The van der Waals surface area contributed by atoms with E-state index in [-0.39, 0.29) is 5.82 Å². The number of methoxy groups -OCH3 is 1. The summed E-state index contributed by atoms with van der Waals surface area (Å²) in [5.74, 6) is -1.28. The number of carboxylic acids is 1.